The van der Waals surface area contributed by atoms with Gasteiger partial charge in [-0.05, 0) is 24.5 Å². The number of benzene rings is 1. The van der Waals surface area contributed by atoms with E-state index < -0.39 is 11.7 Å². The van der Waals surface area contributed by atoms with Gasteiger partial charge in [-0.3, -0.25) is 4.79 Å². The van der Waals surface area contributed by atoms with E-state index in [4.69, 9.17) is 5.73 Å². The van der Waals surface area contributed by atoms with Crippen LogP contribution in [0.1, 0.15) is 43.7 Å². The molecule has 0 aliphatic heterocycles. The Morgan fingerprint density at radius 2 is 1.88 bits per heavy atom. The minimum absolute atomic E-state index is 0. The zero-order valence-electron chi connectivity index (χ0n) is 13.7. The molecule has 1 aromatic carbocycles. The smallest absolute Gasteiger partial charge is 0.335 e. The van der Waals surface area contributed by atoms with Gasteiger partial charge >= 0.3 is 6.18 Å². The molecule has 0 saturated heterocycles. The second-order valence-corrected chi connectivity index (χ2v) is 6.20. The number of carbonyl (C=O) groups excluding carboxylic acids is 1. The number of amides is 1. The number of rotatable bonds is 5. The Bertz CT molecular complexity index is 545. The lowest BCUT2D eigenvalue weighted by Gasteiger charge is -2.32. The van der Waals surface area contributed by atoms with E-state index in [1.807, 2.05) is 0 Å². The van der Waals surface area contributed by atoms with E-state index in [0.29, 0.717) is 0 Å². The summed E-state index contributed by atoms with van der Waals surface area (Å²) in [7, 11) is 0. The molecule has 2 N–H and O–H groups in total. The molecule has 0 aromatic heterocycles. The maximum absolute atomic E-state index is 13.2. The lowest BCUT2D eigenvalue weighted by Crippen LogP contribution is -2.43. The first kappa shape index (κ1) is 20.8. The second-order valence-electron chi connectivity index (χ2n) is 6.20. The fourth-order valence-electron chi connectivity index (χ4n) is 3.11. The average Bonchev–Trinajstić information content (AvgIpc) is 3.04. The molecule has 1 aliphatic carbocycles. The molecule has 1 unspecified atom stereocenters. The molecule has 7 heteroatoms. The average molecular weight is 365 g/mol. The third-order valence-electron chi connectivity index (χ3n) is 4.49. The molecule has 3 nitrogen and oxygen atoms in total. The van der Waals surface area contributed by atoms with Crippen LogP contribution in [-0.2, 0) is 17.5 Å². The van der Waals surface area contributed by atoms with Crippen molar-refractivity contribution in [2.24, 2.45) is 11.7 Å². The van der Waals surface area contributed by atoms with Crippen LogP contribution in [-0.4, -0.2) is 23.4 Å². The van der Waals surface area contributed by atoms with E-state index >= 15 is 0 Å². The highest BCUT2D eigenvalue weighted by Gasteiger charge is 2.35. The van der Waals surface area contributed by atoms with Gasteiger partial charge in [0.15, 0.2) is 0 Å². The van der Waals surface area contributed by atoms with Crippen LogP contribution >= 0.6 is 12.4 Å². The van der Waals surface area contributed by atoms with Gasteiger partial charge in [0.25, 0.3) is 0 Å². The molecule has 1 saturated carbocycles. The second kappa shape index (κ2) is 8.72. The van der Waals surface area contributed by atoms with Gasteiger partial charge in [0.05, 0.1) is 5.56 Å². The Hall–Kier alpha value is -1.27. The molecule has 24 heavy (non-hydrogen) atoms. The third kappa shape index (κ3) is 4.86. The number of hydrogen-bond donors (Lipinski definition) is 1. The Balaban J connectivity index is 0.00000288. The molecule has 136 valence electrons. The Morgan fingerprint density at radius 3 is 2.42 bits per heavy atom. The van der Waals surface area contributed by atoms with Crippen molar-refractivity contribution in [3.05, 3.63) is 35.4 Å². The molecule has 0 spiro atoms. The van der Waals surface area contributed by atoms with Crippen molar-refractivity contribution in [2.45, 2.75) is 51.4 Å². The predicted molar refractivity (Wildman–Crippen MR) is 89.7 cm³/mol. The van der Waals surface area contributed by atoms with Gasteiger partial charge < -0.3 is 10.6 Å². The molecule has 1 fully saturated rings. The highest BCUT2D eigenvalue weighted by atomic mass is 35.5. The Morgan fingerprint density at radius 1 is 1.29 bits per heavy atom. The Kier molecular flexibility index (Phi) is 7.55. The molecular formula is C17H24ClF3N2O. The lowest BCUT2D eigenvalue weighted by atomic mass is 10.0. The monoisotopic (exact) mass is 364 g/mol. The van der Waals surface area contributed by atoms with E-state index in [2.05, 4.69) is 0 Å². The highest BCUT2D eigenvalue weighted by molar-refractivity contribution is 5.85. The summed E-state index contributed by atoms with van der Waals surface area (Å²) in [6, 6.07) is 5.48. The normalized spacial score (nSPS) is 16.5. The predicted octanol–water partition coefficient (Wildman–Crippen LogP) is 3.99. The van der Waals surface area contributed by atoms with Crippen LogP contribution in [0.3, 0.4) is 0 Å². The summed E-state index contributed by atoms with van der Waals surface area (Å²) in [5, 5.41) is 0. The van der Waals surface area contributed by atoms with E-state index in [9.17, 15) is 18.0 Å². The number of halogens is 4. The molecule has 2 rings (SSSR count). The summed E-state index contributed by atoms with van der Waals surface area (Å²) in [5.74, 6) is -0.537. The van der Waals surface area contributed by atoms with Crippen LogP contribution in [0.15, 0.2) is 24.3 Å². The number of nitrogens with two attached hydrogens (primary N) is 1. The van der Waals surface area contributed by atoms with Gasteiger partial charge in [0, 0.05) is 25.0 Å². The standard InChI is InChI=1S/C17H23F3N2O.ClH/c1-12(10-21)16(23)22(14-7-3-4-8-14)11-13-6-2-5-9-15(13)17(18,19)20;/h2,5-6,9,12,14H,3-4,7-8,10-11,21H2,1H3;1H. The topological polar surface area (TPSA) is 46.3 Å². The van der Waals surface area contributed by atoms with Crippen LogP contribution in [0.4, 0.5) is 13.2 Å². The van der Waals surface area contributed by atoms with Crippen molar-refractivity contribution in [1.29, 1.82) is 0 Å². The zero-order chi connectivity index (χ0) is 17.0. The summed E-state index contributed by atoms with van der Waals surface area (Å²) >= 11 is 0. The first-order chi connectivity index (χ1) is 10.8. The van der Waals surface area contributed by atoms with Crippen molar-refractivity contribution in [2.75, 3.05) is 6.54 Å². The molecule has 0 heterocycles. The van der Waals surface area contributed by atoms with Crippen molar-refractivity contribution >= 4 is 18.3 Å². The third-order valence-corrected chi connectivity index (χ3v) is 4.49. The van der Waals surface area contributed by atoms with Gasteiger partial charge in [-0.25, -0.2) is 0 Å². The molecule has 1 amide bonds. The van der Waals surface area contributed by atoms with Crippen LogP contribution < -0.4 is 5.73 Å². The van der Waals surface area contributed by atoms with Crippen LogP contribution in [0, 0.1) is 5.92 Å². The molecular weight excluding hydrogens is 341 g/mol. The molecule has 1 atom stereocenters. The number of nitrogens with zero attached hydrogens (tertiary/aromatic N) is 1. The maximum Gasteiger partial charge on any atom is 0.416 e. The van der Waals surface area contributed by atoms with Crippen molar-refractivity contribution in [3.8, 4) is 0 Å². The van der Waals surface area contributed by atoms with Gasteiger partial charge in [-0.15, -0.1) is 12.4 Å². The fourth-order valence-corrected chi connectivity index (χ4v) is 3.11. The Labute approximate surface area is 146 Å². The minimum atomic E-state index is -4.42. The summed E-state index contributed by atoms with van der Waals surface area (Å²) in [6.07, 6.45) is -0.715. The minimum Gasteiger partial charge on any atom is -0.335 e. The zero-order valence-corrected chi connectivity index (χ0v) is 14.5. The van der Waals surface area contributed by atoms with E-state index in [0.717, 1.165) is 31.7 Å². The van der Waals surface area contributed by atoms with E-state index in [1.165, 1.54) is 12.1 Å². The van der Waals surface area contributed by atoms with Crippen molar-refractivity contribution in [1.82, 2.24) is 4.90 Å². The highest BCUT2D eigenvalue weighted by Crippen LogP contribution is 2.34. The fraction of sp³-hybridized carbons (Fsp3) is 0.588. The largest absolute Gasteiger partial charge is 0.416 e. The van der Waals surface area contributed by atoms with Crippen LogP contribution in [0.5, 0.6) is 0 Å². The summed E-state index contributed by atoms with van der Waals surface area (Å²) in [4.78, 5) is 14.2. The van der Waals surface area contributed by atoms with Gasteiger partial charge in [-0.1, -0.05) is 38.0 Å². The quantitative estimate of drug-likeness (QED) is 0.858. The SMILES string of the molecule is CC(CN)C(=O)N(Cc1ccccc1C(F)(F)F)C1CCCC1.Cl. The van der Waals surface area contributed by atoms with Crippen LogP contribution in [0.25, 0.3) is 0 Å². The molecule has 0 radical (unpaired) electrons. The first-order valence-electron chi connectivity index (χ1n) is 8.00. The number of hydrogen-bond acceptors (Lipinski definition) is 2. The molecule has 1 aliphatic rings. The lowest BCUT2D eigenvalue weighted by molar-refractivity contribution is -0.142. The summed E-state index contributed by atoms with van der Waals surface area (Å²) < 4.78 is 39.5. The number of carbonyl (C=O) groups is 1. The summed E-state index contributed by atoms with van der Waals surface area (Å²) in [6.45, 7) is 1.91. The van der Waals surface area contributed by atoms with Gasteiger partial charge in [0.1, 0.15) is 0 Å². The van der Waals surface area contributed by atoms with E-state index in [1.54, 1.807) is 17.9 Å². The van der Waals surface area contributed by atoms with Crippen molar-refractivity contribution in [3.63, 3.8) is 0 Å². The van der Waals surface area contributed by atoms with Crippen molar-refractivity contribution < 1.29 is 18.0 Å². The van der Waals surface area contributed by atoms with E-state index in [-0.39, 0.29) is 48.9 Å². The van der Waals surface area contributed by atoms with Gasteiger partial charge in [0.2, 0.25) is 5.91 Å². The molecule has 0 bridgehead atoms. The summed E-state index contributed by atoms with van der Waals surface area (Å²) in [5.41, 5.74) is 5.05. The van der Waals surface area contributed by atoms with Gasteiger partial charge in [-0.2, -0.15) is 13.2 Å². The molecule has 1 aromatic rings. The number of alkyl halides is 3. The maximum atomic E-state index is 13.2. The van der Waals surface area contributed by atoms with Crippen LogP contribution in [0.2, 0.25) is 0 Å². The first-order valence-corrected chi connectivity index (χ1v) is 8.00.